The van der Waals surface area contributed by atoms with Gasteiger partial charge in [-0.2, -0.15) is 0 Å². The zero-order valence-electron chi connectivity index (χ0n) is 6.75. The van der Waals surface area contributed by atoms with Crippen molar-refractivity contribution < 1.29 is 13.2 Å². The average Bonchev–Trinajstić information content (AvgIpc) is 1.77. The Kier molecular flexibility index (Phi) is 2.22. The van der Waals surface area contributed by atoms with E-state index in [-0.39, 0.29) is 5.41 Å². The van der Waals surface area contributed by atoms with Gasteiger partial charge in [0.15, 0.2) is 0 Å². The van der Waals surface area contributed by atoms with Crippen LogP contribution in [-0.2, 0) is 14.8 Å². The molecule has 1 saturated heterocycles. The molecule has 0 aliphatic carbocycles. The van der Waals surface area contributed by atoms with E-state index in [1.165, 1.54) is 0 Å². The van der Waals surface area contributed by atoms with E-state index in [1.807, 2.05) is 6.92 Å². The highest BCUT2D eigenvalue weighted by Gasteiger charge is 2.33. The van der Waals surface area contributed by atoms with E-state index in [4.69, 9.17) is 4.74 Å². The molecular weight excluding hydrogens is 166 g/mol. The first-order valence-corrected chi connectivity index (χ1v) is 5.33. The van der Waals surface area contributed by atoms with E-state index < -0.39 is 10.0 Å². The maximum absolute atomic E-state index is 10.7. The minimum absolute atomic E-state index is 0.0169. The molecule has 0 spiro atoms. The minimum Gasteiger partial charge on any atom is -0.380 e. The molecule has 1 aliphatic heterocycles. The lowest BCUT2D eigenvalue weighted by Crippen LogP contribution is -2.48. The number of ether oxygens (including phenoxy) is 1. The Morgan fingerprint density at radius 2 is 2.09 bits per heavy atom. The van der Waals surface area contributed by atoms with Gasteiger partial charge in [-0.05, 0) is 0 Å². The largest absolute Gasteiger partial charge is 0.380 e. The Morgan fingerprint density at radius 1 is 1.55 bits per heavy atom. The molecule has 0 bridgehead atoms. The Balaban J connectivity index is 2.33. The molecule has 66 valence electrons. The van der Waals surface area contributed by atoms with Gasteiger partial charge in [0.05, 0.1) is 19.5 Å². The second-order valence-electron chi connectivity index (χ2n) is 3.40. The fourth-order valence-corrected chi connectivity index (χ4v) is 1.47. The number of hydrogen-bond donors (Lipinski definition) is 1. The van der Waals surface area contributed by atoms with Crippen molar-refractivity contribution in [2.75, 3.05) is 26.0 Å². The quantitative estimate of drug-likeness (QED) is 0.639. The van der Waals surface area contributed by atoms with E-state index >= 15 is 0 Å². The summed E-state index contributed by atoms with van der Waals surface area (Å²) in [5.74, 6) is 0. The van der Waals surface area contributed by atoms with Gasteiger partial charge in [0, 0.05) is 12.0 Å². The highest BCUT2D eigenvalue weighted by molar-refractivity contribution is 7.88. The number of rotatable bonds is 3. The maximum atomic E-state index is 10.7. The molecular formula is C6H13NO3S. The van der Waals surface area contributed by atoms with Crippen LogP contribution in [0.3, 0.4) is 0 Å². The third kappa shape index (κ3) is 2.76. The van der Waals surface area contributed by atoms with Gasteiger partial charge < -0.3 is 4.74 Å². The monoisotopic (exact) mass is 179 g/mol. The fourth-order valence-electron chi connectivity index (χ4n) is 0.858. The topological polar surface area (TPSA) is 55.4 Å². The Morgan fingerprint density at radius 3 is 2.36 bits per heavy atom. The van der Waals surface area contributed by atoms with Gasteiger partial charge in [-0.15, -0.1) is 0 Å². The highest BCUT2D eigenvalue weighted by atomic mass is 32.2. The predicted octanol–water partition coefficient (Wildman–Crippen LogP) is -0.428. The van der Waals surface area contributed by atoms with Crippen molar-refractivity contribution in [1.82, 2.24) is 4.72 Å². The summed E-state index contributed by atoms with van der Waals surface area (Å²) in [6.07, 6.45) is 1.16. The highest BCUT2D eigenvalue weighted by Crippen LogP contribution is 2.25. The van der Waals surface area contributed by atoms with Crippen LogP contribution >= 0.6 is 0 Å². The molecule has 0 radical (unpaired) electrons. The van der Waals surface area contributed by atoms with Gasteiger partial charge in [0.2, 0.25) is 10.0 Å². The summed E-state index contributed by atoms with van der Waals surface area (Å²) in [4.78, 5) is 0. The third-order valence-corrected chi connectivity index (χ3v) is 2.33. The van der Waals surface area contributed by atoms with Crippen LogP contribution in [0.1, 0.15) is 6.92 Å². The van der Waals surface area contributed by atoms with Gasteiger partial charge in [-0.25, -0.2) is 13.1 Å². The van der Waals surface area contributed by atoms with E-state index in [1.54, 1.807) is 0 Å². The van der Waals surface area contributed by atoms with Crippen LogP contribution in [0, 0.1) is 5.41 Å². The first kappa shape index (κ1) is 8.96. The Bertz CT molecular complexity index is 230. The Hall–Kier alpha value is -0.130. The first-order valence-electron chi connectivity index (χ1n) is 3.44. The van der Waals surface area contributed by atoms with Gasteiger partial charge >= 0.3 is 0 Å². The second kappa shape index (κ2) is 2.73. The van der Waals surface area contributed by atoms with Gasteiger partial charge in [-0.1, -0.05) is 6.92 Å². The predicted molar refractivity (Wildman–Crippen MR) is 41.8 cm³/mol. The standard InChI is InChI=1S/C6H13NO3S/c1-6(4-10-5-6)3-7-11(2,8)9/h7H,3-5H2,1-2H3. The molecule has 5 heteroatoms. The van der Waals surface area contributed by atoms with Crippen LogP contribution in [0.15, 0.2) is 0 Å². The van der Waals surface area contributed by atoms with Gasteiger partial charge in [0.25, 0.3) is 0 Å². The van der Waals surface area contributed by atoms with Crippen molar-refractivity contribution in [3.8, 4) is 0 Å². The van der Waals surface area contributed by atoms with Crippen LogP contribution in [0.25, 0.3) is 0 Å². The normalized spacial score (nSPS) is 22.7. The van der Waals surface area contributed by atoms with Crippen molar-refractivity contribution >= 4 is 10.0 Å². The van der Waals surface area contributed by atoms with E-state index in [0.717, 1.165) is 6.26 Å². The molecule has 1 fully saturated rings. The van der Waals surface area contributed by atoms with Crippen LogP contribution in [0.5, 0.6) is 0 Å². The summed E-state index contributed by atoms with van der Waals surface area (Å²) in [6, 6.07) is 0. The minimum atomic E-state index is -3.04. The molecule has 0 amide bonds. The molecule has 1 rings (SSSR count). The molecule has 4 nitrogen and oxygen atoms in total. The third-order valence-electron chi connectivity index (χ3n) is 1.66. The van der Waals surface area contributed by atoms with E-state index in [9.17, 15) is 8.42 Å². The zero-order valence-corrected chi connectivity index (χ0v) is 7.57. The van der Waals surface area contributed by atoms with Crippen molar-refractivity contribution in [3.63, 3.8) is 0 Å². The lowest BCUT2D eigenvalue weighted by Gasteiger charge is -2.37. The molecule has 0 unspecified atom stereocenters. The second-order valence-corrected chi connectivity index (χ2v) is 5.23. The lowest BCUT2D eigenvalue weighted by atomic mass is 9.89. The van der Waals surface area contributed by atoms with E-state index in [0.29, 0.717) is 19.8 Å². The van der Waals surface area contributed by atoms with Crippen molar-refractivity contribution in [3.05, 3.63) is 0 Å². The molecule has 1 aliphatic rings. The summed E-state index contributed by atoms with van der Waals surface area (Å²) in [5.41, 5.74) is 0.0169. The molecule has 0 aromatic carbocycles. The summed E-state index contributed by atoms with van der Waals surface area (Å²) in [7, 11) is -3.04. The molecule has 0 saturated carbocycles. The van der Waals surface area contributed by atoms with Gasteiger partial charge in [0.1, 0.15) is 0 Å². The van der Waals surface area contributed by atoms with E-state index in [2.05, 4.69) is 4.72 Å². The van der Waals surface area contributed by atoms with Gasteiger partial charge in [-0.3, -0.25) is 0 Å². The van der Waals surface area contributed by atoms with Crippen molar-refractivity contribution in [2.24, 2.45) is 5.41 Å². The SMILES string of the molecule is CC1(CNS(C)(=O)=O)COC1. The number of nitrogens with one attached hydrogen (secondary N) is 1. The molecule has 0 aromatic heterocycles. The van der Waals surface area contributed by atoms with Crippen LogP contribution < -0.4 is 4.72 Å². The molecule has 1 heterocycles. The summed E-state index contributed by atoms with van der Waals surface area (Å²) in [6.45, 7) is 3.77. The first-order chi connectivity index (χ1) is 4.91. The van der Waals surface area contributed by atoms with Crippen molar-refractivity contribution in [2.45, 2.75) is 6.92 Å². The Labute approximate surface area is 67.0 Å². The van der Waals surface area contributed by atoms with Crippen LogP contribution in [0.4, 0.5) is 0 Å². The number of hydrogen-bond acceptors (Lipinski definition) is 3. The zero-order chi connectivity index (χ0) is 8.54. The molecule has 1 N–H and O–H groups in total. The fraction of sp³-hybridized carbons (Fsp3) is 1.00. The van der Waals surface area contributed by atoms with Crippen molar-refractivity contribution in [1.29, 1.82) is 0 Å². The summed E-state index contributed by atoms with van der Waals surface area (Å²) in [5, 5.41) is 0. The summed E-state index contributed by atoms with van der Waals surface area (Å²) < 4.78 is 28.8. The molecule has 11 heavy (non-hydrogen) atoms. The van der Waals surface area contributed by atoms with Crippen LogP contribution in [0.2, 0.25) is 0 Å². The van der Waals surface area contributed by atoms with Crippen LogP contribution in [-0.4, -0.2) is 34.4 Å². The average molecular weight is 179 g/mol. The molecule has 0 atom stereocenters. The lowest BCUT2D eigenvalue weighted by molar-refractivity contribution is -0.0965. The molecule has 0 aromatic rings. The number of sulfonamides is 1. The smallest absolute Gasteiger partial charge is 0.208 e. The maximum Gasteiger partial charge on any atom is 0.208 e. The summed E-state index contributed by atoms with van der Waals surface area (Å²) >= 11 is 0.